The van der Waals surface area contributed by atoms with E-state index in [0.717, 1.165) is 89.4 Å². The molecule has 32 heavy (non-hydrogen) atoms. The highest BCUT2D eigenvalue weighted by atomic mass is 16.5. The summed E-state index contributed by atoms with van der Waals surface area (Å²) in [5.41, 5.74) is -0.102. The molecule has 4 fully saturated rings. The first-order chi connectivity index (χ1) is 15.5. The van der Waals surface area contributed by atoms with Crippen molar-refractivity contribution in [3.05, 3.63) is 11.7 Å². The van der Waals surface area contributed by atoms with Crippen molar-refractivity contribution in [1.82, 2.24) is 19.9 Å². The zero-order valence-corrected chi connectivity index (χ0v) is 19.3. The van der Waals surface area contributed by atoms with Gasteiger partial charge in [0.15, 0.2) is 5.82 Å². The van der Waals surface area contributed by atoms with Gasteiger partial charge in [0.2, 0.25) is 17.7 Å². The summed E-state index contributed by atoms with van der Waals surface area (Å²) in [5, 5.41) is 4.21. The quantitative estimate of drug-likeness (QED) is 0.694. The van der Waals surface area contributed by atoms with E-state index in [9.17, 15) is 9.59 Å². The second-order valence-electron chi connectivity index (χ2n) is 10.5. The molecule has 8 heteroatoms. The number of carbonyl (C=O) groups excluding carboxylic acids is 2. The molecule has 8 nitrogen and oxygen atoms in total. The maximum Gasteiger partial charge on any atom is 0.229 e. The van der Waals surface area contributed by atoms with E-state index < -0.39 is 0 Å². The molecule has 0 radical (unpaired) electrons. The van der Waals surface area contributed by atoms with Crippen LogP contribution in [0.25, 0.3) is 0 Å². The van der Waals surface area contributed by atoms with Crippen LogP contribution in [0.2, 0.25) is 0 Å². The van der Waals surface area contributed by atoms with Gasteiger partial charge in [-0.05, 0) is 63.2 Å². The van der Waals surface area contributed by atoms with Gasteiger partial charge >= 0.3 is 0 Å². The molecule has 176 valence electrons. The normalized spacial score (nSPS) is 26.5. The van der Waals surface area contributed by atoms with Crippen molar-refractivity contribution in [2.24, 2.45) is 11.8 Å². The highest BCUT2D eigenvalue weighted by molar-refractivity contribution is 5.77. The summed E-state index contributed by atoms with van der Waals surface area (Å²) in [7, 11) is 0. The third-order valence-electron chi connectivity index (χ3n) is 8.03. The molecule has 0 aromatic carbocycles. The number of piperidine rings is 2. The lowest BCUT2D eigenvalue weighted by Crippen LogP contribution is -2.51. The van der Waals surface area contributed by atoms with Crippen molar-refractivity contribution < 1.29 is 18.8 Å². The third kappa shape index (κ3) is 5.00. The summed E-state index contributed by atoms with van der Waals surface area (Å²) in [6.45, 7) is 5.54. The molecule has 0 bridgehead atoms. The molecule has 4 aliphatic rings. The highest BCUT2D eigenvalue weighted by Gasteiger charge is 2.42. The molecule has 1 aromatic rings. The molecule has 3 aliphatic heterocycles. The number of rotatable bonds is 5. The average molecular weight is 445 g/mol. The Morgan fingerprint density at radius 3 is 2.44 bits per heavy atom. The Kier molecular flexibility index (Phi) is 6.23. The van der Waals surface area contributed by atoms with E-state index in [1.165, 1.54) is 12.8 Å². The first-order valence-corrected chi connectivity index (χ1v) is 12.5. The van der Waals surface area contributed by atoms with Crippen molar-refractivity contribution in [1.29, 1.82) is 0 Å². The monoisotopic (exact) mass is 444 g/mol. The standard InChI is InChI=1S/C24H36N4O4/c1-17(29)27-9-4-18(5-10-27)15-22(30)28-11-7-24(8-12-28)16-19(6-13-31-24)14-21-25-23(32-26-21)20-2-3-20/h18-20H,2-16H2,1H3. The molecular weight excluding hydrogens is 408 g/mol. The van der Waals surface area contributed by atoms with Gasteiger partial charge in [-0.1, -0.05) is 5.16 Å². The van der Waals surface area contributed by atoms with Gasteiger partial charge in [0, 0.05) is 58.5 Å². The van der Waals surface area contributed by atoms with E-state index in [0.29, 0.717) is 24.2 Å². The van der Waals surface area contributed by atoms with Crippen LogP contribution in [-0.4, -0.2) is 70.1 Å². The minimum absolute atomic E-state index is 0.102. The van der Waals surface area contributed by atoms with Gasteiger partial charge in [0.25, 0.3) is 0 Å². The van der Waals surface area contributed by atoms with Gasteiger partial charge in [0.1, 0.15) is 0 Å². The molecule has 1 aliphatic carbocycles. The average Bonchev–Trinajstić information content (AvgIpc) is 3.54. The summed E-state index contributed by atoms with van der Waals surface area (Å²) in [4.78, 5) is 32.9. The number of nitrogens with zero attached hydrogens (tertiary/aromatic N) is 4. The number of likely N-dealkylation sites (tertiary alicyclic amines) is 2. The van der Waals surface area contributed by atoms with Crippen molar-refractivity contribution >= 4 is 11.8 Å². The topological polar surface area (TPSA) is 88.8 Å². The van der Waals surface area contributed by atoms with E-state index in [1.54, 1.807) is 6.92 Å². The highest BCUT2D eigenvalue weighted by Crippen LogP contribution is 2.41. The van der Waals surface area contributed by atoms with E-state index in [-0.39, 0.29) is 17.4 Å². The SMILES string of the molecule is CC(=O)N1CCC(CC(=O)N2CCC3(CC2)CC(Cc2noc(C4CC4)n2)CCO3)CC1. The number of aromatic nitrogens is 2. The smallest absolute Gasteiger partial charge is 0.229 e. The van der Waals surface area contributed by atoms with Crippen LogP contribution in [0.1, 0.15) is 82.3 Å². The lowest BCUT2D eigenvalue weighted by atomic mass is 9.78. The van der Waals surface area contributed by atoms with Crippen LogP contribution in [0.15, 0.2) is 4.52 Å². The summed E-state index contributed by atoms with van der Waals surface area (Å²) in [5.74, 6) is 3.50. The molecule has 3 saturated heterocycles. The molecule has 1 spiro atoms. The second-order valence-corrected chi connectivity index (χ2v) is 10.5. The Morgan fingerprint density at radius 2 is 1.75 bits per heavy atom. The van der Waals surface area contributed by atoms with Crippen LogP contribution >= 0.6 is 0 Å². The van der Waals surface area contributed by atoms with E-state index in [1.807, 2.05) is 9.80 Å². The molecule has 1 saturated carbocycles. The van der Waals surface area contributed by atoms with Crippen LogP contribution in [-0.2, 0) is 20.7 Å². The lowest BCUT2D eigenvalue weighted by molar-refractivity contribution is -0.148. The number of carbonyl (C=O) groups is 2. The predicted molar refractivity (Wildman–Crippen MR) is 117 cm³/mol. The molecule has 1 aromatic heterocycles. The molecule has 5 rings (SSSR count). The van der Waals surface area contributed by atoms with Gasteiger partial charge in [-0.3, -0.25) is 9.59 Å². The zero-order valence-electron chi connectivity index (χ0n) is 19.3. The van der Waals surface area contributed by atoms with Gasteiger partial charge < -0.3 is 19.1 Å². The number of hydrogen-bond donors (Lipinski definition) is 0. The van der Waals surface area contributed by atoms with Gasteiger partial charge in [0.05, 0.1) is 5.60 Å². The summed E-state index contributed by atoms with van der Waals surface area (Å²) in [6, 6.07) is 0. The second kappa shape index (κ2) is 9.12. The minimum Gasteiger partial charge on any atom is -0.375 e. The minimum atomic E-state index is -0.102. The zero-order chi connectivity index (χ0) is 22.1. The Bertz CT molecular complexity index is 820. The predicted octanol–water partition coefficient (Wildman–Crippen LogP) is 2.93. The molecule has 1 unspecified atom stereocenters. The van der Waals surface area contributed by atoms with Crippen LogP contribution in [0, 0.1) is 11.8 Å². The fraction of sp³-hybridized carbons (Fsp3) is 0.833. The Hall–Kier alpha value is -1.96. The summed E-state index contributed by atoms with van der Waals surface area (Å²) >= 11 is 0. The van der Waals surface area contributed by atoms with Crippen LogP contribution < -0.4 is 0 Å². The van der Waals surface area contributed by atoms with Crippen molar-refractivity contribution in [2.45, 2.75) is 82.7 Å². The Labute approximate surface area is 190 Å². The van der Waals surface area contributed by atoms with Crippen molar-refractivity contribution in [2.75, 3.05) is 32.8 Å². The number of amides is 2. The Balaban J connectivity index is 1.08. The summed E-state index contributed by atoms with van der Waals surface area (Å²) < 4.78 is 11.7. The van der Waals surface area contributed by atoms with Crippen LogP contribution in [0.4, 0.5) is 0 Å². The van der Waals surface area contributed by atoms with Crippen LogP contribution in [0.3, 0.4) is 0 Å². The molecule has 1 atom stereocenters. The largest absolute Gasteiger partial charge is 0.375 e. The first kappa shape index (κ1) is 21.9. The fourth-order valence-corrected chi connectivity index (χ4v) is 5.75. The number of ether oxygens (including phenoxy) is 1. The molecule has 0 N–H and O–H groups in total. The third-order valence-corrected chi connectivity index (χ3v) is 8.03. The number of hydrogen-bond acceptors (Lipinski definition) is 6. The fourth-order valence-electron chi connectivity index (χ4n) is 5.75. The lowest BCUT2D eigenvalue weighted by Gasteiger charge is -2.46. The Morgan fingerprint density at radius 1 is 1.00 bits per heavy atom. The van der Waals surface area contributed by atoms with Crippen molar-refractivity contribution in [3.63, 3.8) is 0 Å². The maximum absolute atomic E-state index is 12.9. The maximum atomic E-state index is 12.9. The molecule has 2 amide bonds. The van der Waals surface area contributed by atoms with E-state index in [4.69, 9.17) is 9.26 Å². The van der Waals surface area contributed by atoms with Gasteiger partial charge in [-0.2, -0.15) is 4.98 Å². The first-order valence-electron chi connectivity index (χ1n) is 12.5. The van der Waals surface area contributed by atoms with Gasteiger partial charge in [-0.25, -0.2) is 0 Å². The van der Waals surface area contributed by atoms with Crippen LogP contribution in [0.5, 0.6) is 0 Å². The van der Waals surface area contributed by atoms with Crippen molar-refractivity contribution in [3.8, 4) is 0 Å². The molecular formula is C24H36N4O4. The van der Waals surface area contributed by atoms with E-state index in [2.05, 4.69) is 10.1 Å². The summed E-state index contributed by atoms with van der Waals surface area (Å²) in [6.07, 6.45) is 9.59. The van der Waals surface area contributed by atoms with E-state index >= 15 is 0 Å². The van der Waals surface area contributed by atoms with Gasteiger partial charge in [-0.15, -0.1) is 0 Å². The molecule has 4 heterocycles.